The standard InChI is InChI=1S/C17H22ClNO5S/c1-5-25(22,23)14-13(11-7-6-8-12(18)9-11)17(14,10-20)19-15(21)24-16(2,3)4/h6-10,13-14H,5H2,1-4H3,(H,19,21)/t13-,14+,17-/m0/s1. The molecule has 1 amide bonds. The quantitative estimate of drug-likeness (QED) is 0.784. The molecule has 1 saturated carbocycles. The topological polar surface area (TPSA) is 89.5 Å². The number of rotatable bonds is 5. The van der Waals surface area contributed by atoms with Crippen molar-refractivity contribution in [3.05, 3.63) is 34.9 Å². The van der Waals surface area contributed by atoms with Crippen LogP contribution in [0.4, 0.5) is 4.79 Å². The van der Waals surface area contributed by atoms with E-state index in [0.29, 0.717) is 16.9 Å². The van der Waals surface area contributed by atoms with Gasteiger partial charge in [0.05, 0.1) is 0 Å². The first-order valence-electron chi connectivity index (χ1n) is 7.91. The minimum absolute atomic E-state index is 0.139. The van der Waals surface area contributed by atoms with Crippen molar-refractivity contribution in [1.29, 1.82) is 0 Å². The maximum Gasteiger partial charge on any atom is 0.408 e. The summed E-state index contributed by atoms with van der Waals surface area (Å²) in [5.41, 5.74) is -1.74. The lowest BCUT2D eigenvalue weighted by atomic mass is 10.1. The lowest BCUT2D eigenvalue weighted by molar-refractivity contribution is -0.110. The van der Waals surface area contributed by atoms with Crippen LogP contribution in [0.3, 0.4) is 0 Å². The zero-order chi connectivity index (χ0) is 19.0. The van der Waals surface area contributed by atoms with E-state index in [2.05, 4.69) is 5.32 Å². The zero-order valence-electron chi connectivity index (χ0n) is 14.6. The molecule has 0 aliphatic heterocycles. The van der Waals surface area contributed by atoms with Crippen molar-refractivity contribution in [1.82, 2.24) is 5.32 Å². The molecule has 3 atom stereocenters. The highest BCUT2D eigenvalue weighted by Gasteiger charge is 2.72. The third-order valence-electron chi connectivity index (χ3n) is 4.09. The molecule has 0 radical (unpaired) electrons. The fourth-order valence-corrected chi connectivity index (χ4v) is 5.14. The van der Waals surface area contributed by atoms with Crippen LogP contribution in [-0.2, 0) is 19.4 Å². The number of ether oxygens (including phenoxy) is 1. The minimum Gasteiger partial charge on any atom is -0.444 e. The Balaban J connectivity index is 2.42. The highest BCUT2D eigenvalue weighted by Crippen LogP contribution is 2.55. The molecule has 6 nitrogen and oxygen atoms in total. The minimum atomic E-state index is -3.59. The Kier molecular flexibility index (Phi) is 5.21. The van der Waals surface area contributed by atoms with Crippen molar-refractivity contribution in [3.63, 3.8) is 0 Å². The van der Waals surface area contributed by atoms with Gasteiger partial charge in [-0.15, -0.1) is 0 Å². The number of nitrogens with one attached hydrogen (secondary N) is 1. The SMILES string of the molecule is CCS(=O)(=O)[C@@H]1[C@H](c2cccc(Cl)c2)[C@]1(C=O)NC(=O)OC(C)(C)C. The second kappa shape index (κ2) is 6.61. The van der Waals surface area contributed by atoms with Gasteiger partial charge in [-0.2, -0.15) is 0 Å². The number of carbonyl (C=O) groups excluding carboxylic acids is 2. The summed E-state index contributed by atoms with van der Waals surface area (Å²) in [6.07, 6.45) is -0.346. The number of hydrogen-bond donors (Lipinski definition) is 1. The number of hydrogen-bond acceptors (Lipinski definition) is 5. The summed E-state index contributed by atoms with van der Waals surface area (Å²) >= 11 is 5.99. The number of amides is 1. The largest absolute Gasteiger partial charge is 0.444 e. The number of halogens is 1. The van der Waals surface area contributed by atoms with Crippen molar-refractivity contribution in [2.24, 2.45) is 0 Å². The lowest BCUT2D eigenvalue weighted by Crippen LogP contribution is -2.45. The highest BCUT2D eigenvalue weighted by molar-refractivity contribution is 7.92. The van der Waals surface area contributed by atoms with Crippen molar-refractivity contribution in [2.75, 3.05) is 5.75 Å². The van der Waals surface area contributed by atoms with Gasteiger partial charge >= 0.3 is 6.09 Å². The van der Waals surface area contributed by atoms with Crippen LogP contribution in [-0.4, -0.2) is 42.9 Å². The highest BCUT2D eigenvalue weighted by atomic mass is 35.5. The summed E-state index contributed by atoms with van der Waals surface area (Å²) in [5, 5.41) is 1.86. The molecule has 1 aromatic carbocycles. The molecule has 2 rings (SSSR count). The van der Waals surface area contributed by atoms with E-state index < -0.39 is 38.2 Å². The molecule has 0 aromatic heterocycles. The van der Waals surface area contributed by atoms with Gasteiger partial charge in [0, 0.05) is 16.7 Å². The molecule has 25 heavy (non-hydrogen) atoms. The van der Waals surface area contributed by atoms with Gasteiger partial charge in [-0.3, -0.25) is 0 Å². The molecule has 1 aliphatic carbocycles. The lowest BCUT2D eigenvalue weighted by Gasteiger charge is -2.22. The fraction of sp³-hybridized carbons (Fsp3) is 0.529. The monoisotopic (exact) mass is 387 g/mol. The van der Waals surface area contributed by atoms with Gasteiger partial charge in [-0.05, 0) is 38.5 Å². The smallest absolute Gasteiger partial charge is 0.408 e. The van der Waals surface area contributed by atoms with E-state index in [4.69, 9.17) is 16.3 Å². The van der Waals surface area contributed by atoms with Crippen LogP contribution in [0.25, 0.3) is 0 Å². The molecular formula is C17H22ClNO5S. The first kappa shape index (κ1) is 19.7. The van der Waals surface area contributed by atoms with Gasteiger partial charge in [0.2, 0.25) is 0 Å². The normalized spacial score (nSPS) is 26.0. The van der Waals surface area contributed by atoms with E-state index in [-0.39, 0.29) is 5.75 Å². The van der Waals surface area contributed by atoms with Crippen LogP contribution in [0.5, 0.6) is 0 Å². The Bertz CT molecular complexity index is 786. The van der Waals surface area contributed by atoms with Crippen molar-refractivity contribution in [3.8, 4) is 0 Å². The third-order valence-corrected chi connectivity index (χ3v) is 6.56. The van der Waals surface area contributed by atoms with E-state index >= 15 is 0 Å². The number of alkyl carbamates (subject to hydrolysis) is 1. The molecule has 0 spiro atoms. The van der Waals surface area contributed by atoms with Crippen LogP contribution in [0, 0.1) is 0 Å². The van der Waals surface area contributed by atoms with Gasteiger partial charge < -0.3 is 14.8 Å². The van der Waals surface area contributed by atoms with Crippen molar-refractivity contribution >= 4 is 33.8 Å². The first-order chi connectivity index (χ1) is 11.5. The maximum absolute atomic E-state index is 12.5. The van der Waals surface area contributed by atoms with Gasteiger partial charge in [-0.1, -0.05) is 30.7 Å². The molecule has 1 fully saturated rings. The second-order valence-electron chi connectivity index (χ2n) is 7.08. The molecule has 1 aromatic rings. The molecular weight excluding hydrogens is 366 g/mol. The Morgan fingerprint density at radius 1 is 1.40 bits per heavy atom. The summed E-state index contributed by atoms with van der Waals surface area (Å²) in [7, 11) is -3.59. The van der Waals surface area contributed by atoms with Crippen LogP contribution in [0.2, 0.25) is 5.02 Å². The van der Waals surface area contributed by atoms with Crippen molar-refractivity contribution in [2.45, 2.75) is 50.0 Å². The maximum atomic E-state index is 12.5. The van der Waals surface area contributed by atoms with Gasteiger partial charge in [0.1, 0.15) is 22.7 Å². The van der Waals surface area contributed by atoms with Crippen LogP contribution in [0.15, 0.2) is 24.3 Å². The average Bonchev–Trinajstić information content (AvgIpc) is 3.15. The molecule has 138 valence electrons. The molecule has 0 heterocycles. The summed E-state index contributed by atoms with van der Waals surface area (Å²) in [5.74, 6) is -0.846. The molecule has 0 unspecified atom stereocenters. The first-order valence-corrected chi connectivity index (χ1v) is 10.0. The van der Waals surface area contributed by atoms with Gasteiger partial charge in [0.15, 0.2) is 9.84 Å². The number of benzene rings is 1. The van der Waals surface area contributed by atoms with E-state index in [1.54, 1.807) is 45.0 Å². The number of aldehydes is 1. The zero-order valence-corrected chi connectivity index (χ0v) is 16.1. The number of sulfone groups is 1. The second-order valence-corrected chi connectivity index (χ2v) is 9.93. The Labute approximate surface area is 152 Å². The molecule has 8 heteroatoms. The summed E-state index contributed by atoms with van der Waals surface area (Å²) < 4.78 is 30.2. The van der Waals surface area contributed by atoms with Gasteiger partial charge in [-0.25, -0.2) is 13.2 Å². The summed E-state index contributed by atoms with van der Waals surface area (Å²) in [4.78, 5) is 24.0. The molecule has 1 aliphatic rings. The average molecular weight is 388 g/mol. The van der Waals surface area contributed by atoms with Crippen LogP contribution < -0.4 is 5.32 Å². The summed E-state index contributed by atoms with van der Waals surface area (Å²) in [6, 6.07) is 6.62. The molecule has 1 N–H and O–H groups in total. The van der Waals surface area contributed by atoms with E-state index in [0.717, 1.165) is 0 Å². The van der Waals surface area contributed by atoms with Crippen LogP contribution in [0.1, 0.15) is 39.2 Å². The Hall–Kier alpha value is -1.60. The third kappa shape index (κ3) is 3.98. The van der Waals surface area contributed by atoms with E-state index in [1.807, 2.05) is 0 Å². The molecule has 0 bridgehead atoms. The predicted molar refractivity (Wildman–Crippen MR) is 95.6 cm³/mol. The van der Waals surface area contributed by atoms with E-state index in [1.165, 1.54) is 6.92 Å². The summed E-state index contributed by atoms with van der Waals surface area (Å²) in [6.45, 7) is 6.55. The van der Waals surface area contributed by atoms with Crippen molar-refractivity contribution < 1.29 is 22.7 Å². The Morgan fingerprint density at radius 2 is 2.04 bits per heavy atom. The van der Waals surface area contributed by atoms with Gasteiger partial charge in [0.25, 0.3) is 0 Å². The van der Waals surface area contributed by atoms with E-state index in [9.17, 15) is 18.0 Å². The predicted octanol–water partition coefficient (Wildman–Crippen LogP) is 2.70. The fourth-order valence-electron chi connectivity index (χ4n) is 3.01. The molecule has 0 saturated heterocycles. The number of carbonyl (C=O) groups is 2. The Morgan fingerprint density at radius 3 is 2.52 bits per heavy atom. The van der Waals surface area contributed by atoms with Crippen LogP contribution >= 0.6 is 11.6 Å².